The van der Waals surface area contributed by atoms with Crippen LogP contribution in [0.4, 0.5) is 4.39 Å². The summed E-state index contributed by atoms with van der Waals surface area (Å²) in [6.45, 7) is 6.19. The lowest BCUT2D eigenvalue weighted by atomic mass is 10.1. The fraction of sp³-hybridized carbons (Fsp3) is 0.143. The average molecular weight is 438 g/mol. The Bertz CT molecular complexity index is 1340. The van der Waals surface area contributed by atoms with E-state index in [1.54, 1.807) is 18.2 Å². The third kappa shape index (κ3) is 4.70. The number of aryl methyl sites for hydroxylation is 1. The van der Waals surface area contributed by atoms with E-state index in [9.17, 15) is 9.65 Å². The SMILES string of the molecule is C/C(=N/OCc1ccccc1C#N)c1cc(-c2ccc(F)cc2)n(-c2ccc(C)cc2)c1C. The molecule has 0 unspecified atom stereocenters. The maximum Gasteiger partial charge on any atom is 0.143 e. The van der Waals surface area contributed by atoms with Crippen LogP contribution in [0.1, 0.15) is 34.9 Å². The van der Waals surface area contributed by atoms with E-state index in [-0.39, 0.29) is 12.4 Å². The molecular formula is C28H24FN3O. The van der Waals surface area contributed by atoms with Crippen molar-refractivity contribution in [3.63, 3.8) is 0 Å². The molecule has 5 heteroatoms. The number of halogens is 1. The summed E-state index contributed by atoms with van der Waals surface area (Å²) >= 11 is 0. The molecule has 1 aromatic heterocycles. The summed E-state index contributed by atoms with van der Waals surface area (Å²) in [5, 5.41) is 13.6. The van der Waals surface area contributed by atoms with Crippen LogP contribution in [0, 0.1) is 31.0 Å². The van der Waals surface area contributed by atoms with Crippen LogP contribution in [0.2, 0.25) is 0 Å². The maximum atomic E-state index is 13.6. The number of oxime groups is 1. The van der Waals surface area contributed by atoms with Crippen LogP contribution in [0.3, 0.4) is 0 Å². The van der Waals surface area contributed by atoms with Gasteiger partial charge in [0.15, 0.2) is 0 Å². The molecule has 0 saturated heterocycles. The van der Waals surface area contributed by atoms with E-state index in [1.165, 1.54) is 17.7 Å². The number of hydrogen-bond donors (Lipinski definition) is 0. The monoisotopic (exact) mass is 437 g/mol. The Morgan fingerprint density at radius 2 is 1.70 bits per heavy atom. The number of rotatable bonds is 6. The Hall–Kier alpha value is -4.17. The molecule has 4 nitrogen and oxygen atoms in total. The summed E-state index contributed by atoms with van der Waals surface area (Å²) in [7, 11) is 0. The maximum absolute atomic E-state index is 13.6. The quantitative estimate of drug-likeness (QED) is 0.249. The zero-order chi connectivity index (χ0) is 23.4. The molecule has 33 heavy (non-hydrogen) atoms. The molecule has 0 aliphatic carbocycles. The number of hydrogen-bond acceptors (Lipinski definition) is 3. The summed E-state index contributed by atoms with van der Waals surface area (Å²) in [4.78, 5) is 5.60. The van der Waals surface area contributed by atoms with E-state index in [1.807, 2.05) is 38.1 Å². The first-order valence-corrected chi connectivity index (χ1v) is 10.7. The molecule has 0 aliphatic heterocycles. The molecule has 0 atom stereocenters. The zero-order valence-corrected chi connectivity index (χ0v) is 18.8. The van der Waals surface area contributed by atoms with Gasteiger partial charge in [-0.05, 0) is 74.9 Å². The van der Waals surface area contributed by atoms with Crippen molar-refractivity contribution < 1.29 is 9.23 Å². The van der Waals surface area contributed by atoms with Gasteiger partial charge >= 0.3 is 0 Å². The lowest BCUT2D eigenvalue weighted by Crippen LogP contribution is -2.03. The van der Waals surface area contributed by atoms with Crippen molar-refractivity contribution in [1.29, 1.82) is 5.26 Å². The summed E-state index contributed by atoms with van der Waals surface area (Å²) in [6, 6.07) is 26.3. The van der Waals surface area contributed by atoms with Gasteiger partial charge < -0.3 is 9.40 Å². The molecule has 0 bridgehead atoms. The van der Waals surface area contributed by atoms with Crippen molar-refractivity contribution in [3.8, 4) is 23.0 Å². The summed E-state index contributed by atoms with van der Waals surface area (Å²) in [5.41, 5.74) is 8.05. The fourth-order valence-corrected chi connectivity index (χ4v) is 3.84. The van der Waals surface area contributed by atoms with Crippen molar-refractivity contribution in [3.05, 3.63) is 113 Å². The standard InChI is InChI=1S/C28H24FN3O/c1-19-8-14-26(15-9-19)32-21(3)27(16-28(32)22-10-12-25(29)13-11-22)20(2)31-33-18-24-7-5-4-6-23(24)17-30/h4-16H,18H2,1-3H3/b31-20-. The van der Waals surface area contributed by atoms with Crippen LogP contribution in [-0.2, 0) is 11.4 Å². The minimum Gasteiger partial charge on any atom is -0.391 e. The summed E-state index contributed by atoms with van der Waals surface area (Å²) in [5.74, 6) is -0.270. The van der Waals surface area contributed by atoms with Gasteiger partial charge in [-0.2, -0.15) is 5.26 Å². The van der Waals surface area contributed by atoms with E-state index in [0.29, 0.717) is 5.56 Å². The highest BCUT2D eigenvalue weighted by molar-refractivity contribution is 6.01. The van der Waals surface area contributed by atoms with Crippen molar-refractivity contribution >= 4 is 5.71 Å². The van der Waals surface area contributed by atoms with Crippen LogP contribution in [-0.4, -0.2) is 10.3 Å². The van der Waals surface area contributed by atoms with E-state index in [0.717, 1.165) is 39.5 Å². The van der Waals surface area contributed by atoms with Crippen LogP contribution in [0.25, 0.3) is 16.9 Å². The van der Waals surface area contributed by atoms with Crippen LogP contribution in [0.15, 0.2) is 84.0 Å². The predicted molar refractivity (Wildman–Crippen MR) is 129 cm³/mol. The molecule has 0 amide bonds. The highest BCUT2D eigenvalue weighted by Crippen LogP contribution is 2.30. The lowest BCUT2D eigenvalue weighted by Gasteiger charge is -2.13. The third-order valence-corrected chi connectivity index (χ3v) is 5.63. The van der Waals surface area contributed by atoms with Gasteiger partial charge in [0.2, 0.25) is 0 Å². The molecule has 0 radical (unpaired) electrons. The van der Waals surface area contributed by atoms with E-state index >= 15 is 0 Å². The highest BCUT2D eigenvalue weighted by atomic mass is 19.1. The second-order valence-corrected chi connectivity index (χ2v) is 7.93. The van der Waals surface area contributed by atoms with Gasteiger partial charge in [0.05, 0.1) is 23.0 Å². The lowest BCUT2D eigenvalue weighted by molar-refractivity contribution is 0.130. The number of nitrogens with zero attached hydrogens (tertiary/aromatic N) is 3. The van der Waals surface area contributed by atoms with Gasteiger partial charge in [-0.25, -0.2) is 4.39 Å². The Balaban J connectivity index is 1.71. The minimum atomic E-state index is -0.270. The first-order valence-electron chi connectivity index (χ1n) is 10.7. The smallest absolute Gasteiger partial charge is 0.143 e. The molecular weight excluding hydrogens is 413 g/mol. The Morgan fingerprint density at radius 3 is 2.39 bits per heavy atom. The summed E-state index contributed by atoms with van der Waals surface area (Å²) < 4.78 is 15.7. The van der Waals surface area contributed by atoms with Crippen molar-refractivity contribution in [1.82, 2.24) is 4.57 Å². The van der Waals surface area contributed by atoms with Crippen molar-refractivity contribution in [2.75, 3.05) is 0 Å². The van der Waals surface area contributed by atoms with Gasteiger partial charge in [-0.3, -0.25) is 0 Å². The van der Waals surface area contributed by atoms with Crippen LogP contribution < -0.4 is 0 Å². The zero-order valence-electron chi connectivity index (χ0n) is 18.8. The summed E-state index contributed by atoms with van der Waals surface area (Å²) in [6.07, 6.45) is 0. The Kier molecular flexibility index (Phi) is 6.37. The van der Waals surface area contributed by atoms with E-state index < -0.39 is 0 Å². The van der Waals surface area contributed by atoms with Gasteiger partial charge in [0.25, 0.3) is 0 Å². The molecule has 0 saturated carbocycles. The van der Waals surface area contributed by atoms with Gasteiger partial charge in [-0.1, -0.05) is 41.1 Å². The topological polar surface area (TPSA) is 50.3 Å². The van der Waals surface area contributed by atoms with Gasteiger partial charge in [0.1, 0.15) is 12.4 Å². The molecule has 0 N–H and O–H groups in total. The molecule has 0 spiro atoms. The van der Waals surface area contributed by atoms with Crippen molar-refractivity contribution in [2.24, 2.45) is 5.16 Å². The van der Waals surface area contributed by atoms with Gasteiger partial charge in [-0.15, -0.1) is 0 Å². The van der Waals surface area contributed by atoms with Crippen LogP contribution >= 0.6 is 0 Å². The average Bonchev–Trinajstić information content (AvgIpc) is 3.17. The Morgan fingerprint density at radius 1 is 1.00 bits per heavy atom. The second-order valence-electron chi connectivity index (χ2n) is 7.93. The van der Waals surface area contributed by atoms with Crippen LogP contribution in [0.5, 0.6) is 0 Å². The number of benzene rings is 3. The second kappa shape index (κ2) is 9.54. The molecule has 0 fully saturated rings. The van der Waals surface area contributed by atoms with E-state index in [2.05, 4.69) is 47.0 Å². The molecule has 164 valence electrons. The first kappa shape index (κ1) is 22.0. The van der Waals surface area contributed by atoms with E-state index in [4.69, 9.17) is 4.84 Å². The minimum absolute atomic E-state index is 0.212. The fourth-order valence-electron chi connectivity index (χ4n) is 3.84. The molecule has 0 aliphatic rings. The Labute approximate surface area is 193 Å². The predicted octanol–water partition coefficient (Wildman–Crippen LogP) is 6.71. The number of nitriles is 1. The third-order valence-electron chi connectivity index (χ3n) is 5.63. The molecule has 3 aromatic carbocycles. The first-order chi connectivity index (χ1) is 16.0. The normalized spacial score (nSPS) is 11.3. The number of aromatic nitrogens is 1. The van der Waals surface area contributed by atoms with Gasteiger partial charge in [0, 0.05) is 22.5 Å². The van der Waals surface area contributed by atoms with Crippen molar-refractivity contribution in [2.45, 2.75) is 27.4 Å². The largest absolute Gasteiger partial charge is 0.391 e. The highest BCUT2D eigenvalue weighted by Gasteiger charge is 2.17. The molecule has 4 rings (SSSR count). The molecule has 4 aromatic rings. The molecule has 1 heterocycles.